The van der Waals surface area contributed by atoms with Gasteiger partial charge in [-0.05, 0) is 45.5 Å². The van der Waals surface area contributed by atoms with Crippen molar-refractivity contribution in [3.63, 3.8) is 0 Å². The van der Waals surface area contributed by atoms with E-state index >= 15 is 0 Å². The topological polar surface area (TPSA) is 0 Å². The molecule has 0 aliphatic heterocycles. The van der Waals surface area contributed by atoms with Gasteiger partial charge in [0.2, 0.25) is 0 Å². The molecule has 27 heavy (non-hydrogen) atoms. The summed E-state index contributed by atoms with van der Waals surface area (Å²) in [5, 5.41) is 5.56. The van der Waals surface area contributed by atoms with E-state index in [1.807, 2.05) is 0 Å². The monoisotopic (exact) mass is 370 g/mol. The van der Waals surface area contributed by atoms with Crippen LogP contribution in [0.3, 0.4) is 0 Å². The molecule has 0 fully saturated rings. The summed E-state index contributed by atoms with van der Waals surface area (Å²) in [5.74, 6) is 0. The van der Waals surface area contributed by atoms with Crippen LogP contribution in [0.1, 0.15) is 49.1 Å². The highest BCUT2D eigenvalue weighted by molar-refractivity contribution is 7.39. The minimum Gasteiger partial charge on any atom is -0.107 e. The summed E-state index contributed by atoms with van der Waals surface area (Å²) in [6.45, 7) is 4.69. The van der Waals surface area contributed by atoms with Crippen molar-refractivity contribution in [1.29, 1.82) is 0 Å². The third kappa shape index (κ3) is 3.64. The van der Waals surface area contributed by atoms with Crippen molar-refractivity contribution in [1.82, 2.24) is 0 Å². The molecule has 4 aromatic carbocycles. The molecule has 0 saturated carbocycles. The maximum atomic E-state index is 2.35. The molecule has 0 aromatic heterocycles. The molecule has 0 spiro atoms. The zero-order valence-corrected chi connectivity index (χ0v) is 17.2. The molecule has 4 rings (SSSR count). The molecule has 0 heterocycles. The Morgan fingerprint density at radius 2 is 0.963 bits per heavy atom. The summed E-state index contributed by atoms with van der Waals surface area (Å²) in [7, 11) is 0.896. The van der Waals surface area contributed by atoms with Gasteiger partial charge in [-0.2, -0.15) is 0 Å². The van der Waals surface area contributed by atoms with Gasteiger partial charge in [-0.3, -0.25) is 0 Å². The Balaban J connectivity index is 1.73. The summed E-state index contributed by atoms with van der Waals surface area (Å²) in [6.07, 6.45) is 2.38. The van der Waals surface area contributed by atoms with Crippen molar-refractivity contribution < 1.29 is 0 Å². The Morgan fingerprint density at radius 1 is 0.556 bits per heavy atom. The zero-order chi connectivity index (χ0) is 18.6. The molecule has 2 unspecified atom stereocenters. The number of fused-ring (bicyclic) bond motifs is 2. The highest BCUT2D eigenvalue weighted by Gasteiger charge is 2.20. The van der Waals surface area contributed by atoms with Crippen LogP contribution in [0, 0.1) is 0 Å². The molecule has 0 aliphatic carbocycles. The molecule has 0 nitrogen and oxygen atoms in total. The lowest BCUT2D eigenvalue weighted by molar-refractivity contribution is 0.842. The van der Waals surface area contributed by atoms with Crippen LogP contribution in [0.2, 0.25) is 0 Å². The van der Waals surface area contributed by atoms with Gasteiger partial charge in [-0.15, -0.1) is 8.58 Å². The summed E-state index contributed by atoms with van der Waals surface area (Å²) in [4.78, 5) is 0. The van der Waals surface area contributed by atoms with Crippen LogP contribution in [0.25, 0.3) is 21.5 Å². The van der Waals surface area contributed by atoms with Crippen molar-refractivity contribution in [2.45, 2.75) is 38.0 Å². The first-order valence-electron chi connectivity index (χ1n) is 10.0. The summed E-state index contributed by atoms with van der Waals surface area (Å²) < 4.78 is 0. The molecule has 0 bridgehead atoms. The van der Waals surface area contributed by atoms with Crippen LogP contribution >= 0.6 is 8.58 Å². The van der Waals surface area contributed by atoms with Crippen LogP contribution in [0.4, 0.5) is 0 Å². The van der Waals surface area contributed by atoms with Crippen molar-refractivity contribution in [2.75, 3.05) is 0 Å². The molecule has 0 amide bonds. The summed E-state index contributed by atoms with van der Waals surface area (Å²) in [5.41, 5.74) is 4.26. The van der Waals surface area contributed by atoms with E-state index in [2.05, 4.69) is 98.8 Å². The minimum absolute atomic E-state index is 0.611. The number of benzene rings is 4. The van der Waals surface area contributed by atoms with Gasteiger partial charge in [-0.1, -0.05) is 98.8 Å². The van der Waals surface area contributed by atoms with Gasteiger partial charge in [0.05, 0.1) is 0 Å². The second-order valence-electron chi connectivity index (χ2n) is 7.23. The lowest BCUT2D eigenvalue weighted by Crippen LogP contribution is -1.99. The molecular formula is C26H27P. The molecule has 0 N–H and O–H groups in total. The van der Waals surface area contributed by atoms with E-state index in [1.54, 1.807) is 0 Å². The second kappa shape index (κ2) is 8.24. The van der Waals surface area contributed by atoms with E-state index in [9.17, 15) is 0 Å². The number of hydrogen-bond donors (Lipinski definition) is 0. The van der Waals surface area contributed by atoms with Gasteiger partial charge in [0.25, 0.3) is 0 Å². The molecule has 0 radical (unpaired) electrons. The second-order valence-corrected chi connectivity index (χ2v) is 8.95. The van der Waals surface area contributed by atoms with Crippen molar-refractivity contribution in [3.8, 4) is 0 Å². The van der Waals surface area contributed by atoms with Crippen molar-refractivity contribution >= 4 is 30.1 Å². The average Bonchev–Trinajstić information content (AvgIpc) is 2.74. The molecule has 1 heteroatoms. The first-order valence-corrected chi connectivity index (χ1v) is 11.2. The van der Waals surface area contributed by atoms with E-state index in [1.165, 1.54) is 45.5 Å². The molecule has 136 valence electrons. The predicted molar refractivity (Wildman–Crippen MR) is 122 cm³/mol. The predicted octanol–water partition coefficient (Wildman–Crippen LogP) is 8.27. The third-order valence-corrected chi connectivity index (χ3v) is 7.86. The smallest absolute Gasteiger partial charge is 0.00232 e. The van der Waals surface area contributed by atoms with Crippen LogP contribution in [0.5, 0.6) is 0 Å². The zero-order valence-electron chi connectivity index (χ0n) is 16.2. The van der Waals surface area contributed by atoms with Gasteiger partial charge in [0.15, 0.2) is 0 Å². The Morgan fingerprint density at radius 3 is 1.41 bits per heavy atom. The highest BCUT2D eigenvalue weighted by atomic mass is 31.1. The Bertz CT molecular complexity index is 954. The van der Waals surface area contributed by atoms with Crippen LogP contribution in [-0.2, 0) is 0 Å². The molecule has 0 saturated heterocycles. The van der Waals surface area contributed by atoms with E-state index in [-0.39, 0.29) is 0 Å². The van der Waals surface area contributed by atoms with E-state index < -0.39 is 0 Å². The quantitative estimate of drug-likeness (QED) is 0.300. The summed E-state index contributed by atoms with van der Waals surface area (Å²) in [6, 6.07) is 31.3. The third-order valence-electron chi connectivity index (χ3n) is 5.62. The fourth-order valence-corrected chi connectivity index (χ4v) is 6.03. The molecular weight excluding hydrogens is 343 g/mol. The minimum atomic E-state index is 0.611. The van der Waals surface area contributed by atoms with Crippen molar-refractivity contribution in [2.24, 2.45) is 0 Å². The van der Waals surface area contributed by atoms with Crippen molar-refractivity contribution in [3.05, 3.63) is 96.1 Å². The van der Waals surface area contributed by atoms with E-state index in [0.29, 0.717) is 11.3 Å². The van der Waals surface area contributed by atoms with Crippen LogP contribution in [-0.4, -0.2) is 0 Å². The first kappa shape index (κ1) is 18.2. The van der Waals surface area contributed by atoms with Gasteiger partial charge in [-0.25, -0.2) is 0 Å². The molecule has 0 aliphatic rings. The standard InChI is InChI=1S/C26H27P/c1-3-25(23-17-9-13-19-11-5-7-15-21(19)23)27-26(4-2)24-18-10-14-20-12-6-8-16-22(20)24/h5-18,25-27H,3-4H2,1-2H3. The SMILES string of the molecule is CCC(PC(CC)c1cccc2ccccc12)c1cccc2ccccc12. The number of hydrogen-bond acceptors (Lipinski definition) is 0. The Labute approximate surface area is 164 Å². The lowest BCUT2D eigenvalue weighted by Gasteiger charge is -2.25. The normalized spacial score (nSPS) is 14.1. The highest BCUT2D eigenvalue weighted by Crippen LogP contribution is 2.51. The van der Waals surface area contributed by atoms with Gasteiger partial charge >= 0.3 is 0 Å². The van der Waals surface area contributed by atoms with Gasteiger partial charge in [0, 0.05) is 11.3 Å². The lowest BCUT2D eigenvalue weighted by atomic mass is 10.0. The van der Waals surface area contributed by atoms with Crippen LogP contribution in [0.15, 0.2) is 84.9 Å². The fourth-order valence-electron chi connectivity index (χ4n) is 4.21. The maximum absolute atomic E-state index is 2.35. The largest absolute Gasteiger partial charge is 0.107 e. The maximum Gasteiger partial charge on any atom is 0.00232 e. The fraction of sp³-hybridized carbons (Fsp3) is 0.231. The summed E-state index contributed by atoms with van der Waals surface area (Å²) >= 11 is 0. The first-order chi connectivity index (χ1) is 13.3. The Kier molecular flexibility index (Phi) is 5.55. The van der Waals surface area contributed by atoms with E-state index in [0.717, 1.165) is 8.58 Å². The average molecular weight is 370 g/mol. The van der Waals surface area contributed by atoms with Crippen LogP contribution < -0.4 is 0 Å². The molecule has 2 atom stereocenters. The number of rotatable bonds is 6. The van der Waals surface area contributed by atoms with Gasteiger partial charge < -0.3 is 0 Å². The Hall–Kier alpha value is -2.17. The van der Waals surface area contributed by atoms with E-state index in [4.69, 9.17) is 0 Å². The molecule has 4 aromatic rings. The van der Waals surface area contributed by atoms with Gasteiger partial charge in [0.1, 0.15) is 0 Å².